The molecule has 0 spiro atoms. The number of ether oxygens (including phenoxy) is 3. The largest absolute Gasteiger partial charge is 0.490 e. The number of benzene rings is 1. The van der Waals surface area contributed by atoms with Crippen LogP contribution in [0, 0.1) is 0 Å². The molecule has 1 aromatic rings. The van der Waals surface area contributed by atoms with Gasteiger partial charge >= 0.3 is 0 Å². The molecule has 6 heteroatoms. The molecule has 49 heavy (non-hydrogen) atoms. The van der Waals surface area contributed by atoms with Gasteiger partial charge in [-0.25, -0.2) is 5.84 Å². The Morgan fingerprint density at radius 2 is 0.755 bits per heavy atom. The van der Waals surface area contributed by atoms with Gasteiger partial charge in [0.15, 0.2) is 11.5 Å². The Morgan fingerprint density at radius 3 is 1.10 bits per heavy atom. The zero-order chi connectivity index (χ0) is 35.5. The van der Waals surface area contributed by atoms with E-state index in [2.05, 4.69) is 26.2 Å². The van der Waals surface area contributed by atoms with Crippen LogP contribution in [0.3, 0.4) is 0 Å². The normalized spacial score (nSPS) is 11.2. The minimum Gasteiger partial charge on any atom is -0.490 e. The van der Waals surface area contributed by atoms with Crippen molar-refractivity contribution in [1.82, 2.24) is 5.43 Å². The first-order valence-electron chi connectivity index (χ1n) is 21.3. The molecule has 0 aliphatic rings. The van der Waals surface area contributed by atoms with Crippen molar-refractivity contribution in [1.29, 1.82) is 0 Å². The van der Waals surface area contributed by atoms with Crippen molar-refractivity contribution >= 4 is 5.91 Å². The number of carbonyl (C=O) groups is 1. The number of amides is 1. The van der Waals surface area contributed by atoms with Crippen LogP contribution in [-0.2, 0) is 0 Å². The summed E-state index contributed by atoms with van der Waals surface area (Å²) in [6, 6.07) is 3.61. The Morgan fingerprint density at radius 1 is 0.449 bits per heavy atom. The summed E-state index contributed by atoms with van der Waals surface area (Å²) < 4.78 is 19.1. The minimum absolute atomic E-state index is 0.372. The van der Waals surface area contributed by atoms with Crippen LogP contribution >= 0.6 is 0 Å². The molecule has 0 fully saturated rings. The molecule has 6 nitrogen and oxygen atoms in total. The van der Waals surface area contributed by atoms with Gasteiger partial charge < -0.3 is 14.2 Å². The minimum atomic E-state index is -0.372. The molecule has 1 rings (SSSR count). The van der Waals surface area contributed by atoms with E-state index in [4.69, 9.17) is 20.1 Å². The van der Waals surface area contributed by atoms with Gasteiger partial charge in [-0.2, -0.15) is 0 Å². The van der Waals surface area contributed by atoms with Gasteiger partial charge in [0.25, 0.3) is 5.91 Å². The van der Waals surface area contributed by atoms with E-state index < -0.39 is 0 Å². The average molecular weight is 689 g/mol. The van der Waals surface area contributed by atoms with Crippen molar-refractivity contribution in [3.05, 3.63) is 17.7 Å². The average Bonchev–Trinajstić information content (AvgIpc) is 3.12. The smallest absolute Gasteiger partial charge is 0.269 e. The van der Waals surface area contributed by atoms with Gasteiger partial charge in [0.2, 0.25) is 5.75 Å². The second kappa shape index (κ2) is 34.5. The summed E-state index contributed by atoms with van der Waals surface area (Å²) in [7, 11) is 0. The summed E-state index contributed by atoms with van der Waals surface area (Å²) in [6.07, 6.45) is 38.2. The predicted molar refractivity (Wildman–Crippen MR) is 210 cm³/mol. The molecule has 1 amide bonds. The fourth-order valence-corrected chi connectivity index (χ4v) is 6.49. The number of nitrogens with one attached hydrogen (secondary N) is 1. The number of nitrogens with two attached hydrogens (primary N) is 1. The summed E-state index contributed by atoms with van der Waals surface area (Å²) in [5.74, 6) is 6.89. The van der Waals surface area contributed by atoms with Gasteiger partial charge in [-0.15, -0.1) is 0 Å². The van der Waals surface area contributed by atoms with E-state index in [1.807, 2.05) is 6.07 Å². The summed E-state index contributed by atoms with van der Waals surface area (Å²) in [5.41, 5.74) is 2.70. The Balaban J connectivity index is 2.68. The van der Waals surface area contributed by atoms with Gasteiger partial charge in [0.05, 0.1) is 25.4 Å². The topological polar surface area (TPSA) is 82.8 Å². The van der Waals surface area contributed by atoms with Crippen molar-refractivity contribution in [2.45, 2.75) is 213 Å². The van der Waals surface area contributed by atoms with E-state index in [0.29, 0.717) is 42.6 Å². The van der Waals surface area contributed by atoms with Gasteiger partial charge in [-0.05, 0) is 31.4 Å². The third-order valence-corrected chi connectivity index (χ3v) is 9.70. The predicted octanol–water partition coefficient (Wildman–Crippen LogP) is 13.2. The molecule has 0 heterocycles. The molecule has 1 aromatic carbocycles. The van der Waals surface area contributed by atoms with Crippen molar-refractivity contribution in [2.24, 2.45) is 5.84 Å². The maximum atomic E-state index is 12.8. The molecule has 0 radical (unpaired) electrons. The van der Waals surface area contributed by atoms with E-state index in [9.17, 15) is 4.79 Å². The lowest BCUT2D eigenvalue weighted by Crippen LogP contribution is -2.30. The van der Waals surface area contributed by atoms with E-state index in [0.717, 1.165) is 32.1 Å². The van der Waals surface area contributed by atoms with Crippen molar-refractivity contribution in [3.63, 3.8) is 0 Å². The summed E-state index contributed by atoms with van der Waals surface area (Å²) in [6.45, 7) is 8.56. The molecule has 0 atom stereocenters. The summed E-state index contributed by atoms with van der Waals surface area (Å²) in [5, 5.41) is 0. The molecular formula is C43H80N2O4. The molecule has 0 bridgehead atoms. The number of nitrogen functional groups attached to an aromatic ring is 1. The standard InChI is InChI=1S/C43H80N2O4/c1-4-7-10-13-16-19-22-25-28-31-36-47-40-35-34-39(43(46)45-44)41(48-37-32-29-26-23-20-17-14-11-8-5-2)42(40)49-38-33-30-27-24-21-18-15-12-9-6-3/h34-35H,4-33,36-38,44H2,1-3H3,(H,45,46). The van der Waals surface area contributed by atoms with Crippen LogP contribution in [0.25, 0.3) is 0 Å². The Hall–Kier alpha value is -1.95. The number of rotatable bonds is 37. The zero-order valence-electron chi connectivity index (χ0n) is 32.7. The highest BCUT2D eigenvalue weighted by molar-refractivity contribution is 5.98. The molecular weight excluding hydrogens is 608 g/mol. The van der Waals surface area contributed by atoms with Crippen LogP contribution < -0.4 is 25.5 Å². The first-order valence-corrected chi connectivity index (χ1v) is 21.3. The molecule has 0 unspecified atom stereocenters. The molecule has 3 N–H and O–H groups in total. The number of carbonyl (C=O) groups excluding carboxylic acids is 1. The molecule has 0 aromatic heterocycles. The Kier molecular flexibility index (Phi) is 31.7. The lowest BCUT2D eigenvalue weighted by molar-refractivity contribution is 0.0948. The zero-order valence-corrected chi connectivity index (χ0v) is 32.7. The van der Waals surface area contributed by atoms with E-state index >= 15 is 0 Å². The molecule has 0 aliphatic carbocycles. The maximum Gasteiger partial charge on any atom is 0.269 e. The number of hydrazine groups is 1. The molecule has 0 saturated carbocycles. The Bertz CT molecular complexity index is 878. The molecule has 0 saturated heterocycles. The lowest BCUT2D eigenvalue weighted by atomic mass is 10.1. The van der Waals surface area contributed by atoms with Crippen LogP contribution in [0.2, 0.25) is 0 Å². The van der Waals surface area contributed by atoms with Crippen LogP contribution in [0.1, 0.15) is 224 Å². The van der Waals surface area contributed by atoms with E-state index in [1.54, 1.807) is 6.07 Å². The van der Waals surface area contributed by atoms with Crippen molar-refractivity contribution in [2.75, 3.05) is 19.8 Å². The summed E-state index contributed by atoms with van der Waals surface area (Å²) in [4.78, 5) is 12.8. The number of hydrogen-bond acceptors (Lipinski definition) is 5. The van der Waals surface area contributed by atoms with Crippen LogP contribution in [0.15, 0.2) is 12.1 Å². The van der Waals surface area contributed by atoms with Gasteiger partial charge in [-0.3, -0.25) is 10.2 Å². The maximum absolute atomic E-state index is 12.8. The van der Waals surface area contributed by atoms with Crippen molar-refractivity contribution in [3.8, 4) is 17.2 Å². The second-order valence-corrected chi connectivity index (χ2v) is 14.3. The number of unbranched alkanes of at least 4 members (excludes halogenated alkanes) is 27. The Labute approximate surface area is 303 Å². The fourth-order valence-electron chi connectivity index (χ4n) is 6.49. The summed E-state index contributed by atoms with van der Waals surface area (Å²) >= 11 is 0. The monoisotopic (exact) mass is 689 g/mol. The first kappa shape index (κ1) is 45.1. The van der Waals surface area contributed by atoms with Gasteiger partial charge in [0, 0.05) is 0 Å². The fraction of sp³-hybridized carbons (Fsp3) is 0.837. The van der Waals surface area contributed by atoms with Crippen molar-refractivity contribution < 1.29 is 19.0 Å². The van der Waals surface area contributed by atoms with Gasteiger partial charge in [-0.1, -0.05) is 194 Å². The van der Waals surface area contributed by atoms with Gasteiger partial charge in [0.1, 0.15) is 0 Å². The van der Waals surface area contributed by atoms with E-state index in [1.165, 1.54) is 161 Å². The highest BCUT2D eigenvalue weighted by atomic mass is 16.5. The highest BCUT2D eigenvalue weighted by Crippen LogP contribution is 2.41. The number of hydrogen-bond donors (Lipinski definition) is 2. The SMILES string of the molecule is CCCCCCCCCCCCOc1ccc(C(=O)NN)c(OCCCCCCCCCCCC)c1OCCCCCCCCCCCC. The van der Waals surface area contributed by atoms with Crippen LogP contribution in [-0.4, -0.2) is 25.7 Å². The van der Waals surface area contributed by atoms with E-state index in [-0.39, 0.29) is 5.91 Å². The lowest BCUT2D eigenvalue weighted by Gasteiger charge is -2.19. The third-order valence-electron chi connectivity index (χ3n) is 9.70. The van der Waals surface area contributed by atoms with Crippen LogP contribution in [0.4, 0.5) is 0 Å². The first-order chi connectivity index (χ1) is 24.2. The third kappa shape index (κ3) is 24.8. The highest BCUT2D eigenvalue weighted by Gasteiger charge is 2.22. The van der Waals surface area contributed by atoms with Crippen LogP contribution in [0.5, 0.6) is 17.2 Å². The quantitative estimate of drug-likeness (QED) is 0.0315. The second-order valence-electron chi connectivity index (χ2n) is 14.3. The molecule has 286 valence electrons. The molecule has 0 aliphatic heterocycles.